The summed E-state index contributed by atoms with van der Waals surface area (Å²) in [6.07, 6.45) is 0.953. The second-order valence-corrected chi connectivity index (χ2v) is 8.79. The molecule has 0 N–H and O–H groups in total. The largest absolute Gasteiger partial charge is 0.486 e. The van der Waals surface area contributed by atoms with Crippen LogP contribution >= 0.6 is 0 Å². The molecular weight excluding hydrogens is 344 g/mol. The molecule has 8 heteroatoms. The van der Waals surface area contributed by atoms with Gasteiger partial charge >= 0.3 is 0 Å². The molecule has 2 fully saturated rings. The van der Waals surface area contributed by atoms with E-state index in [1.165, 1.54) is 10.4 Å². The van der Waals surface area contributed by atoms with Crippen LogP contribution in [0.5, 0.6) is 11.5 Å². The molecule has 0 spiro atoms. The van der Waals surface area contributed by atoms with Crippen LogP contribution in [0.15, 0.2) is 23.1 Å². The summed E-state index contributed by atoms with van der Waals surface area (Å²) in [6.45, 7) is 4.50. The number of ether oxygens (including phenoxy) is 2. The van der Waals surface area contributed by atoms with Crippen LogP contribution in [-0.4, -0.2) is 62.9 Å². The van der Waals surface area contributed by atoms with Crippen LogP contribution in [0.1, 0.15) is 13.3 Å². The molecular formula is C17H22N2O5S. The molecule has 0 bridgehead atoms. The highest BCUT2D eigenvalue weighted by molar-refractivity contribution is 7.89. The smallest absolute Gasteiger partial charge is 0.243 e. The lowest BCUT2D eigenvalue weighted by Gasteiger charge is -2.34. The first-order valence-corrected chi connectivity index (χ1v) is 10.1. The van der Waals surface area contributed by atoms with Gasteiger partial charge in [0.1, 0.15) is 13.2 Å². The van der Waals surface area contributed by atoms with Crippen LogP contribution in [0, 0.1) is 11.8 Å². The van der Waals surface area contributed by atoms with Gasteiger partial charge in [0.05, 0.1) is 4.90 Å². The quantitative estimate of drug-likeness (QED) is 0.796. The number of rotatable bonds is 3. The standard InChI is InChI=1S/C17H22N2O5S/c1-12-10-14(12)17(20)18-4-6-19(7-5-18)25(21,22)13-2-3-15-16(11-13)24-9-8-23-15/h2-3,11-12,14H,4-10H2,1H3/t12-,14-/m0/s1. The number of benzene rings is 1. The van der Waals surface area contributed by atoms with Gasteiger partial charge in [-0.3, -0.25) is 4.79 Å². The van der Waals surface area contributed by atoms with Crippen LogP contribution in [-0.2, 0) is 14.8 Å². The van der Waals surface area contributed by atoms with Gasteiger partial charge < -0.3 is 14.4 Å². The lowest BCUT2D eigenvalue weighted by Crippen LogP contribution is -2.51. The molecule has 1 aromatic rings. The van der Waals surface area contributed by atoms with E-state index >= 15 is 0 Å². The topological polar surface area (TPSA) is 76.2 Å². The van der Waals surface area contributed by atoms with Gasteiger partial charge in [0, 0.05) is 38.2 Å². The SMILES string of the molecule is C[C@H]1C[C@@H]1C(=O)N1CCN(S(=O)(=O)c2ccc3c(c2)OCCO3)CC1. The predicted octanol–water partition coefficient (Wildman–Crippen LogP) is 0.947. The molecule has 1 aromatic carbocycles. The molecule has 2 aliphatic heterocycles. The van der Waals surface area contributed by atoms with E-state index in [-0.39, 0.29) is 16.7 Å². The summed E-state index contributed by atoms with van der Waals surface area (Å²) < 4.78 is 38.1. The predicted molar refractivity (Wildman–Crippen MR) is 90.0 cm³/mol. The summed E-state index contributed by atoms with van der Waals surface area (Å²) in [6, 6.07) is 4.70. The van der Waals surface area contributed by atoms with Gasteiger partial charge in [0.2, 0.25) is 15.9 Å². The molecule has 1 saturated heterocycles. The van der Waals surface area contributed by atoms with Crippen LogP contribution in [0.3, 0.4) is 0 Å². The maximum Gasteiger partial charge on any atom is 0.243 e. The molecule has 7 nitrogen and oxygen atoms in total. The Balaban J connectivity index is 1.45. The number of sulfonamides is 1. The molecule has 3 aliphatic rings. The number of hydrogen-bond donors (Lipinski definition) is 0. The third-order valence-corrected chi connectivity index (χ3v) is 7.02. The van der Waals surface area contributed by atoms with Crippen molar-refractivity contribution in [3.63, 3.8) is 0 Å². The van der Waals surface area contributed by atoms with Gasteiger partial charge in [-0.05, 0) is 24.5 Å². The van der Waals surface area contributed by atoms with E-state index in [9.17, 15) is 13.2 Å². The highest BCUT2D eigenvalue weighted by atomic mass is 32.2. The van der Waals surface area contributed by atoms with Crippen molar-refractivity contribution in [1.29, 1.82) is 0 Å². The normalized spacial score (nSPS) is 26.4. The van der Waals surface area contributed by atoms with Gasteiger partial charge in [-0.1, -0.05) is 6.92 Å². The molecule has 25 heavy (non-hydrogen) atoms. The Morgan fingerprint density at radius 3 is 2.36 bits per heavy atom. The van der Waals surface area contributed by atoms with E-state index in [2.05, 4.69) is 6.92 Å². The average Bonchev–Trinajstić information content (AvgIpc) is 3.37. The first kappa shape index (κ1) is 16.7. The van der Waals surface area contributed by atoms with Crippen molar-refractivity contribution in [3.05, 3.63) is 18.2 Å². The molecule has 1 aliphatic carbocycles. The zero-order valence-corrected chi connectivity index (χ0v) is 15.0. The average molecular weight is 366 g/mol. The fraction of sp³-hybridized carbons (Fsp3) is 0.588. The minimum Gasteiger partial charge on any atom is -0.486 e. The van der Waals surface area contributed by atoms with E-state index in [0.717, 1.165) is 6.42 Å². The van der Waals surface area contributed by atoms with Crippen molar-refractivity contribution >= 4 is 15.9 Å². The highest BCUT2D eigenvalue weighted by Crippen LogP contribution is 2.39. The Kier molecular flexibility index (Phi) is 4.11. The van der Waals surface area contributed by atoms with E-state index in [4.69, 9.17) is 9.47 Å². The Morgan fingerprint density at radius 1 is 1.08 bits per heavy atom. The zero-order valence-electron chi connectivity index (χ0n) is 14.2. The number of piperazine rings is 1. The lowest BCUT2D eigenvalue weighted by atomic mass is 10.2. The van der Waals surface area contributed by atoms with Gasteiger partial charge in [0.25, 0.3) is 0 Å². The Bertz CT molecular complexity index is 786. The fourth-order valence-corrected chi connectivity index (χ4v) is 4.82. The molecule has 0 radical (unpaired) electrons. The lowest BCUT2D eigenvalue weighted by molar-refractivity contribution is -0.134. The van der Waals surface area contributed by atoms with Crippen molar-refractivity contribution in [3.8, 4) is 11.5 Å². The van der Waals surface area contributed by atoms with Crippen molar-refractivity contribution in [1.82, 2.24) is 9.21 Å². The van der Waals surface area contributed by atoms with Crippen molar-refractivity contribution in [2.75, 3.05) is 39.4 Å². The molecule has 4 rings (SSSR count). The fourth-order valence-electron chi connectivity index (χ4n) is 3.38. The summed E-state index contributed by atoms with van der Waals surface area (Å²) >= 11 is 0. The molecule has 1 saturated carbocycles. The number of hydrogen-bond acceptors (Lipinski definition) is 5. The second kappa shape index (κ2) is 6.17. The Labute approximate surface area is 147 Å². The number of carbonyl (C=O) groups is 1. The minimum atomic E-state index is -3.60. The highest BCUT2D eigenvalue weighted by Gasteiger charge is 2.42. The van der Waals surface area contributed by atoms with E-state index in [1.807, 2.05) is 0 Å². The van der Waals surface area contributed by atoms with Crippen molar-refractivity contribution < 1.29 is 22.7 Å². The summed E-state index contributed by atoms with van der Waals surface area (Å²) in [5.74, 6) is 1.81. The van der Waals surface area contributed by atoms with E-state index in [1.54, 1.807) is 17.0 Å². The summed E-state index contributed by atoms with van der Waals surface area (Å²) in [7, 11) is -3.60. The van der Waals surface area contributed by atoms with Crippen LogP contribution in [0.2, 0.25) is 0 Å². The molecule has 2 atom stereocenters. The third-order valence-electron chi connectivity index (χ3n) is 5.13. The number of nitrogens with zero attached hydrogens (tertiary/aromatic N) is 2. The van der Waals surface area contributed by atoms with Crippen LogP contribution in [0.4, 0.5) is 0 Å². The van der Waals surface area contributed by atoms with E-state index < -0.39 is 10.0 Å². The number of carbonyl (C=O) groups excluding carboxylic acids is 1. The maximum atomic E-state index is 12.9. The van der Waals surface area contributed by atoms with Crippen LogP contribution in [0.25, 0.3) is 0 Å². The van der Waals surface area contributed by atoms with Gasteiger partial charge in [-0.15, -0.1) is 0 Å². The summed E-state index contributed by atoms with van der Waals surface area (Å²) in [4.78, 5) is 14.3. The monoisotopic (exact) mass is 366 g/mol. The third kappa shape index (κ3) is 3.08. The molecule has 2 heterocycles. The van der Waals surface area contributed by atoms with Crippen LogP contribution < -0.4 is 9.47 Å². The maximum absolute atomic E-state index is 12.9. The Hall–Kier alpha value is -1.80. The molecule has 0 aromatic heterocycles. The molecule has 1 amide bonds. The first-order valence-electron chi connectivity index (χ1n) is 8.65. The van der Waals surface area contributed by atoms with Gasteiger partial charge in [-0.25, -0.2) is 8.42 Å². The van der Waals surface area contributed by atoms with Crippen molar-refractivity contribution in [2.45, 2.75) is 18.2 Å². The number of amides is 1. The molecule has 0 unspecified atom stereocenters. The first-order chi connectivity index (χ1) is 12.0. The number of fused-ring (bicyclic) bond motifs is 1. The van der Waals surface area contributed by atoms with Gasteiger partial charge in [-0.2, -0.15) is 4.31 Å². The summed E-state index contributed by atoms with van der Waals surface area (Å²) in [5.41, 5.74) is 0. The zero-order chi connectivity index (χ0) is 17.6. The molecule has 136 valence electrons. The van der Waals surface area contributed by atoms with Gasteiger partial charge in [0.15, 0.2) is 11.5 Å². The van der Waals surface area contributed by atoms with E-state index in [0.29, 0.717) is 56.8 Å². The Morgan fingerprint density at radius 2 is 1.72 bits per heavy atom. The summed E-state index contributed by atoms with van der Waals surface area (Å²) in [5, 5.41) is 0. The second-order valence-electron chi connectivity index (χ2n) is 6.85. The van der Waals surface area contributed by atoms with Crippen molar-refractivity contribution in [2.24, 2.45) is 11.8 Å². The minimum absolute atomic E-state index is 0.140.